The van der Waals surface area contributed by atoms with Gasteiger partial charge in [-0.1, -0.05) is 11.6 Å². The van der Waals surface area contributed by atoms with E-state index in [0.717, 1.165) is 11.1 Å². The summed E-state index contributed by atoms with van der Waals surface area (Å²) in [6, 6.07) is 1.86. The number of nitrogen functional groups attached to an aromatic ring is 1. The zero-order chi connectivity index (χ0) is 9.30. The number of benzene rings is 1. The zero-order valence-electron chi connectivity index (χ0n) is 7.44. The minimum absolute atomic E-state index is 0.606. The van der Waals surface area contributed by atoms with Crippen LogP contribution in [0.25, 0.3) is 0 Å². The van der Waals surface area contributed by atoms with E-state index in [2.05, 4.69) is 0 Å². The molecule has 1 rings (SSSR count). The van der Waals surface area contributed by atoms with Crippen LogP contribution in [0.4, 0.5) is 5.69 Å². The second kappa shape index (κ2) is 3.23. The molecule has 0 radical (unpaired) electrons. The highest BCUT2D eigenvalue weighted by Gasteiger charge is 2.09. The van der Waals surface area contributed by atoms with Crippen LogP contribution in [0, 0.1) is 13.8 Å². The van der Waals surface area contributed by atoms with Crippen molar-refractivity contribution in [3.63, 3.8) is 0 Å². The van der Waals surface area contributed by atoms with E-state index in [1.54, 1.807) is 7.11 Å². The van der Waals surface area contributed by atoms with Gasteiger partial charge in [0, 0.05) is 5.69 Å². The third-order valence-electron chi connectivity index (χ3n) is 1.90. The van der Waals surface area contributed by atoms with E-state index in [1.165, 1.54) is 0 Å². The average molecular weight is 186 g/mol. The lowest BCUT2D eigenvalue weighted by molar-refractivity contribution is 0.411. The lowest BCUT2D eigenvalue weighted by atomic mass is 10.1. The molecule has 0 aromatic heterocycles. The molecule has 2 nitrogen and oxygen atoms in total. The molecule has 66 valence electrons. The van der Waals surface area contributed by atoms with Crippen LogP contribution >= 0.6 is 11.6 Å². The molecule has 0 heterocycles. The van der Waals surface area contributed by atoms with Crippen LogP contribution < -0.4 is 10.5 Å². The molecule has 0 fully saturated rings. The summed E-state index contributed by atoms with van der Waals surface area (Å²) in [5.74, 6) is 0.711. The molecule has 3 heteroatoms. The Labute approximate surface area is 77.3 Å². The van der Waals surface area contributed by atoms with E-state index in [1.807, 2.05) is 19.9 Å². The number of rotatable bonds is 1. The first-order valence-corrected chi connectivity index (χ1v) is 4.05. The highest BCUT2D eigenvalue weighted by molar-refractivity contribution is 6.33. The third kappa shape index (κ3) is 1.34. The summed E-state index contributed by atoms with van der Waals surface area (Å²) in [4.78, 5) is 0. The number of nitrogens with two attached hydrogens (primary N) is 1. The number of aryl methyl sites for hydroxylation is 1. The molecule has 2 N–H and O–H groups in total. The van der Waals surface area contributed by atoms with Crippen LogP contribution in [0.1, 0.15) is 11.1 Å². The minimum atomic E-state index is 0.606. The number of hydrogen-bond donors (Lipinski definition) is 1. The number of methoxy groups -OCH3 is 1. The zero-order valence-corrected chi connectivity index (χ0v) is 8.20. The predicted octanol–water partition coefficient (Wildman–Crippen LogP) is 2.55. The molecular weight excluding hydrogens is 174 g/mol. The highest BCUT2D eigenvalue weighted by atomic mass is 35.5. The Morgan fingerprint density at radius 3 is 2.50 bits per heavy atom. The van der Waals surface area contributed by atoms with Gasteiger partial charge in [0.2, 0.25) is 0 Å². The first-order chi connectivity index (χ1) is 5.57. The Morgan fingerprint density at radius 2 is 2.00 bits per heavy atom. The van der Waals surface area contributed by atoms with Crippen LogP contribution in [0.15, 0.2) is 6.07 Å². The molecule has 0 saturated heterocycles. The molecule has 1 aromatic rings. The molecule has 0 spiro atoms. The van der Waals surface area contributed by atoms with Gasteiger partial charge in [0.25, 0.3) is 0 Å². The van der Waals surface area contributed by atoms with Gasteiger partial charge < -0.3 is 10.5 Å². The van der Waals surface area contributed by atoms with Crippen molar-refractivity contribution >= 4 is 17.3 Å². The van der Waals surface area contributed by atoms with Crippen LogP contribution in [0.2, 0.25) is 5.02 Å². The fraction of sp³-hybridized carbons (Fsp3) is 0.333. The molecule has 12 heavy (non-hydrogen) atoms. The maximum atomic E-state index is 6.00. The van der Waals surface area contributed by atoms with E-state index < -0.39 is 0 Å². The Balaban J connectivity index is 3.40. The fourth-order valence-corrected chi connectivity index (χ4v) is 1.46. The molecular formula is C9H12ClNO. The summed E-state index contributed by atoms with van der Waals surface area (Å²) >= 11 is 6.00. The molecule has 0 aliphatic carbocycles. The maximum absolute atomic E-state index is 6.00. The lowest BCUT2D eigenvalue weighted by Crippen LogP contribution is -1.96. The predicted molar refractivity (Wildman–Crippen MR) is 51.9 cm³/mol. The maximum Gasteiger partial charge on any atom is 0.140 e. The SMILES string of the molecule is COc1c(C)cc(N)c(C)c1Cl. The van der Waals surface area contributed by atoms with Gasteiger partial charge in [-0.25, -0.2) is 0 Å². The second-order valence-electron chi connectivity index (χ2n) is 2.75. The van der Waals surface area contributed by atoms with E-state index >= 15 is 0 Å². The molecule has 0 aliphatic heterocycles. The Hall–Kier alpha value is -0.890. The second-order valence-corrected chi connectivity index (χ2v) is 3.13. The van der Waals surface area contributed by atoms with Crippen LogP contribution in [0.3, 0.4) is 0 Å². The summed E-state index contributed by atoms with van der Waals surface area (Å²) in [6.45, 7) is 3.79. The summed E-state index contributed by atoms with van der Waals surface area (Å²) in [7, 11) is 1.60. The summed E-state index contributed by atoms with van der Waals surface area (Å²) in [5.41, 5.74) is 8.25. The summed E-state index contributed by atoms with van der Waals surface area (Å²) < 4.78 is 5.12. The quantitative estimate of drug-likeness (QED) is 0.683. The standard InChI is InChI=1S/C9H12ClNO/c1-5-4-7(11)6(2)8(10)9(5)12-3/h4H,11H2,1-3H3. The first-order valence-electron chi connectivity index (χ1n) is 3.67. The largest absolute Gasteiger partial charge is 0.495 e. The van der Waals surface area contributed by atoms with Crippen LogP contribution in [-0.4, -0.2) is 7.11 Å². The molecule has 0 saturated carbocycles. The monoisotopic (exact) mass is 185 g/mol. The van der Waals surface area contributed by atoms with Crippen molar-refractivity contribution < 1.29 is 4.74 Å². The fourth-order valence-electron chi connectivity index (χ4n) is 1.13. The van der Waals surface area contributed by atoms with Crippen LogP contribution in [0.5, 0.6) is 5.75 Å². The van der Waals surface area contributed by atoms with Gasteiger partial charge in [0.05, 0.1) is 12.1 Å². The van der Waals surface area contributed by atoms with Gasteiger partial charge in [-0.3, -0.25) is 0 Å². The topological polar surface area (TPSA) is 35.2 Å². The van der Waals surface area contributed by atoms with Crippen molar-refractivity contribution in [2.24, 2.45) is 0 Å². The first kappa shape index (κ1) is 9.20. The van der Waals surface area contributed by atoms with Gasteiger partial charge >= 0.3 is 0 Å². The Bertz CT molecular complexity index is 310. The lowest BCUT2D eigenvalue weighted by Gasteiger charge is -2.11. The number of hydrogen-bond acceptors (Lipinski definition) is 2. The van der Waals surface area contributed by atoms with Crippen molar-refractivity contribution in [3.8, 4) is 5.75 Å². The molecule has 0 bridgehead atoms. The van der Waals surface area contributed by atoms with Crippen molar-refractivity contribution in [1.29, 1.82) is 0 Å². The van der Waals surface area contributed by atoms with Gasteiger partial charge in [-0.2, -0.15) is 0 Å². The van der Waals surface area contributed by atoms with E-state index in [-0.39, 0.29) is 0 Å². The average Bonchev–Trinajstić information content (AvgIpc) is 2.01. The molecule has 0 amide bonds. The molecule has 0 aliphatic rings. The molecule has 1 aromatic carbocycles. The Morgan fingerprint density at radius 1 is 1.42 bits per heavy atom. The third-order valence-corrected chi connectivity index (χ3v) is 2.35. The van der Waals surface area contributed by atoms with E-state index in [4.69, 9.17) is 22.1 Å². The van der Waals surface area contributed by atoms with Crippen molar-refractivity contribution in [2.75, 3.05) is 12.8 Å². The number of halogens is 1. The molecule has 0 atom stereocenters. The minimum Gasteiger partial charge on any atom is -0.495 e. The van der Waals surface area contributed by atoms with Crippen molar-refractivity contribution in [2.45, 2.75) is 13.8 Å². The smallest absolute Gasteiger partial charge is 0.140 e. The van der Waals surface area contributed by atoms with Gasteiger partial charge in [0.1, 0.15) is 5.75 Å². The summed E-state index contributed by atoms with van der Waals surface area (Å²) in [6.07, 6.45) is 0. The Kier molecular flexibility index (Phi) is 2.48. The number of ether oxygens (including phenoxy) is 1. The highest BCUT2D eigenvalue weighted by Crippen LogP contribution is 2.34. The molecule has 0 unspecified atom stereocenters. The van der Waals surface area contributed by atoms with Gasteiger partial charge in [-0.05, 0) is 31.0 Å². The van der Waals surface area contributed by atoms with Crippen molar-refractivity contribution in [3.05, 3.63) is 22.2 Å². The van der Waals surface area contributed by atoms with Crippen molar-refractivity contribution in [1.82, 2.24) is 0 Å². The normalized spacial score (nSPS) is 10.0. The van der Waals surface area contributed by atoms with Gasteiger partial charge in [0.15, 0.2) is 0 Å². The van der Waals surface area contributed by atoms with Crippen LogP contribution in [-0.2, 0) is 0 Å². The van der Waals surface area contributed by atoms with E-state index in [9.17, 15) is 0 Å². The number of anilines is 1. The van der Waals surface area contributed by atoms with Gasteiger partial charge in [-0.15, -0.1) is 0 Å². The summed E-state index contributed by atoms with van der Waals surface area (Å²) in [5, 5.41) is 0.606. The van der Waals surface area contributed by atoms with E-state index in [0.29, 0.717) is 16.5 Å².